The Morgan fingerprint density at radius 3 is 2.52 bits per heavy atom. The van der Waals surface area contributed by atoms with Gasteiger partial charge in [-0.3, -0.25) is 4.99 Å². The number of piperazine rings is 1. The number of benzene rings is 2. The fraction of sp³-hybridized carbons (Fsp3) is 0.381. The van der Waals surface area contributed by atoms with Crippen molar-refractivity contribution < 1.29 is 9.13 Å². The first kappa shape index (κ1) is 19.0. The van der Waals surface area contributed by atoms with Crippen molar-refractivity contribution in [3.63, 3.8) is 0 Å². The van der Waals surface area contributed by atoms with Gasteiger partial charge in [0.2, 0.25) is 0 Å². The number of nitrogens with zero attached hydrogens (tertiary/aromatic N) is 3. The predicted molar refractivity (Wildman–Crippen MR) is 108 cm³/mol. The van der Waals surface area contributed by atoms with Crippen molar-refractivity contribution in [2.24, 2.45) is 4.99 Å². The summed E-state index contributed by atoms with van der Waals surface area (Å²) in [5.41, 5.74) is 2.30. The smallest absolute Gasteiger partial charge is 0.193 e. The average molecular weight is 370 g/mol. The monoisotopic (exact) mass is 370 g/mol. The summed E-state index contributed by atoms with van der Waals surface area (Å²) >= 11 is 0. The topological polar surface area (TPSA) is 40.1 Å². The summed E-state index contributed by atoms with van der Waals surface area (Å²) in [6, 6.07) is 14.8. The molecule has 1 heterocycles. The fourth-order valence-electron chi connectivity index (χ4n) is 3.31. The lowest BCUT2D eigenvalue weighted by atomic mass is 10.1. The maximum Gasteiger partial charge on any atom is 0.193 e. The maximum atomic E-state index is 13.1. The normalized spacial score (nSPS) is 15.0. The fourth-order valence-corrected chi connectivity index (χ4v) is 3.31. The van der Waals surface area contributed by atoms with E-state index in [2.05, 4.69) is 32.2 Å². The number of anilines is 1. The highest BCUT2D eigenvalue weighted by molar-refractivity contribution is 5.80. The SMILES string of the molecule is CN=C(NCCc1cccc(OC)c1)N1CCN(c2ccc(F)cc2)CC1. The lowest BCUT2D eigenvalue weighted by Crippen LogP contribution is -2.52. The molecular weight excluding hydrogens is 343 g/mol. The Morgan fingerprint density at radius 1 is 1.11 bits per heavy atom. The summed E-state index contributed by atoms with van der Waals surface area (Å²) in [5.74, 6) is 1.61. The van der Waals surface area contributed by atoms with Crippen LogP contribution in [0, 0.1) is 5.82 Å². The van der Waals surface area contributed by atoms with Crippen LogP contribution in [0.15, 0.2) is 53.5 Å². The highest BCUT2D eigenvalue weighted by Gasteiger charge is 2.19. The third-order valence-corrected chi connectivity index (χ3v) is 4.81. The van der Waals surface area contributed by atoms with E-state index in [0.29, 0.717) is 0 Å². The minimum absolute atomic E-state index is 0.196. The third kappa shape index (κ3) is 5.12. The zero-order chi connectivity index (χ0) is 19.1. The van der Waals surface area contributed by atoms with E-state index in [0.717, 1.165) is 56.5 Å². The van der Waals surface area contributed by atoms with Gasteiger partial charge in [-0.25, -0.2) is 4.39 Å². The molecule has 0 atom stereocenters. The Hall–Kier alpha value is -2.76. The summed E-state index contributed by atoms with van der Waals surface area (Å²) in [4.78, 5) is 8.97. The van der Waals surface area contributed by atoms with Gasteiger partial charge in [-0.1, -0.05) is 12.1 Å². The molecule has 0 aromatic heterocycles. The molecule has 1 N–H and O–H groups in total. The third-order valence-electron chi connectivity index (χ3n) is 4.81. The van der Waals surface area contributed by atoms with E-state index in [1.165, 1.54) is 17.7 Å². The molecule has 144 valence electrons. The summed E-state index contributed by atoms with van der Waals surface area (Å²) in [6.45, 7) is 4.37. The minimum atomic E-state index is -0.196. The van der Waals surface area contributed by atoms with Crippen LogP contribution >= 0.6 is 0 Å². The quantitative estimate of drug-likeness (QED) is 0.649. The van der Waals surface area contributed by atoms with E-state index >= 15 is 0 Å². The number of methoxy groups -OCH3 is 1. The van der Waals surface area contributed by atoms with Crippen LogP contribution in [0.25, 0.3) is 0 Å². The lowest BCUT2D eigenvalue weighted by Gasteiger charge is -2.37. The Bertz CT molecular complexity index is 755. The Morgan fingerprint density at radius 2 is 1.85 bits per heavy atom. The van der Waals surface area contributed by atoms with Gasteiger partial charge in [0.05, 0.1) is 7.11 Å². The zero-order valence-electron chi connectivity index (χ0n) is 16.0. The molecular formula is C21H27FN4O. The second-order valence-electron chi connectivity index (χ2n) is 6.53. The molecule has 1 aliphatic heterocycles. The highest BCUT2D eigenvalue weighted by Crippen LogP contribution is 2.17. The van der Waals surface area contributed by atoms with Crippen molar-refractivity contribution in [3.8, 4) is 5.75 Å². The van der Waals surface area contributed by atoms with Crippen molar-refractivity contribution in [2.75, 3.05) is 51.8 Å². The molecule has 27 heavy (non-hydrogen) atoms. The number of aliphatic imine (C=N–C) groups is 1. The second-order valence-corrected chi connectivity index (χ2v) is 6.53. The van der Waals surface area contributed by atoms with Crippen molar-refractivity contribution >= 4 is 11.6 Å². The predicted octanol–water partition coefficient (Wildman–Crippen LogP) is 2.77. The summed E-state index contributed by atoms with van der Waals surface area (Å²) < 4.78 is 18.4. The first-order valence-electron chi connectivity index (χ1n) is 9.28. The van der Waals surface area contributed by atoms with Gasteiger partial charge in [0.15, 0.2) is 5.96 Å². The number of ether oxygens (including phenoxy) is 1. The standard InChI is InChI=1S/C21H27FN4O/c1-23-21(24-11-10-17-4-3-5-20(16-17)27-2)26-14-12-25(13-15-26)19-8-6-18(22)7-9-19/h3-9,16H,10-15H2,1-2H3,(H,23,24). The van der Waals surface area contributed by atoms with Gasteiger partial charge >= 0.3 is 0 Å². The van der Waals surface area contributed by atoms with E-state index in [9.17, 15) is 4.39 Å². The number of hydrogen-bond acceptors (Lipinski definition) is 3. The molecule has 1 fully saturated rings. The Kier molecular flexibility index (Phi) is 6.52. The zero-order valence-corrected chi connectivity index (χ0v) is 16.0. The summed E-state index contributed by atoms with van der Waals surface area (Å²) in [5, 5.41) is 3.45. The molecule has 1 saturated heterocycles. The van der Waals surface area contributed by atoms with Gasteiger partial charge in [0.1, 0.15) is 11.6 Å². The van der Waals surface area contributed by atoms with E-state index in [4.69, 9.17) is 4.74 Å². The van der Waals surface area contributed by atoms with Crippen LogP contribution in [0.5, 0.6) is 5.75 Å². The molecule has 1 aliphatic rings. The number of halogens is 1. The number of nitrogens with one attached hydrogen (secondary N) is 1. The molecule has 0 amide bonds. The van der Waals surface area contributed by atoms with Gasteiger partial charge in [0, 0.05) is 45.5 Å². The number of guanidine groups is 1. The van der Waals surface area contributed by atoms with Crippen LogP contribution in [0.1, 0.15) is 5.56 Å². The summed E-state index contributed by atoms with van der Waals surface area (Å²) in [7, 11) is 3.50. The molecule has 0 spiro atoms. The van der Waals surface area contributed by atoms with Gasteiger partial charge < -0.3 is 19.9 Å². The number of hydrogen-bond donors (Lipinski definition) is 1. The van der Waals surface area contributed by atoms with Crippen molar-refractivity contribution in [3.05, 3.63) is 59.9 Å². The van der Waals surface area contributed by atoms with E-state index < -0.39 is 0 Å². The molecule has 2 aromatic carbocycles. The van der Waals surface area contributed by atoms with Crippen LogP contribution in [-0.4, -0.2) is 57.7 Å². The summed E-state index contributed by atoms with van der Waals surface area (Å²) in [6.07, 6.45) is 0.908. The molecule has 0 bridgehead atoms. The molecule has 0 unspecified atom stereocenters. The van der Waals surface area contributed by atoms with Crippen molar-refractivity contribution in [2.45, 2.75) is 6.42 Å². The second kappa shape index (κ2) is 9.26. The largest absolute Gasteiger partial charge is 0.497 e. The first-order valence-corrected chi connectivity index (χ1v) is 9.28. The van der Waals surface area contributed by atoms with Crippen LogP contribution in [0.2, 0.25) is 0 Å². The molecule has 6 heteroatoms. The molecule has 2 aromatic rings. The van der Waals surface area contributed by atoms with Gasteiger partial charge in [-0.05, 0) is 48.4 Å². The van der Waals surface area contributed by atoms with Crippen LogP contribution in [-0.2, 0) is 6.42 Å². The number of rotatable bonds is 5. The van der Waals surface area contributed by atoms with Crippen molar-refractivity contribution in [1.82, 2.24) is 10.2 Å². The van der Waals surface area contributed by atoms with Gasteiger partial charge in [-0.15, -0.1) is 0 Å². The first-order chi connectivity index (χ1) is 13.2. The Labute approximate surface area is 160 Å². The Balaban J connectivity index is 1.48. The highest BCUT2D eigenvalue weighted by atomic mass is 19.1. The van der Waals surface area contributed by atoms with E-state index in [1.54, 1.807) is 7.11 Å². The molecule has 0 saturated carbocycles. The van der Waals surface area contributed by atoms with Gasteiger partial charge in [-0.2, -0.15) is 0 Å². The van der Waals surface area contributed by atoms with Crippen LogP contribution in [0.4, 0.5) is 10.1 Å². The average Bonchev–Trinajstić information content (AvgIpc) is 2.72. The van der Waals surface area contributed by atoms with E-state index in [-0.39, 0.29) is 5.82 Å². The van der Waals surface area contributed by atoms with Crippen LogP contribution < -0.4 is 15.0 Å². The van der Waals surface area contributed by atoms with Crippen molar-refractivity contribution in [1.29, 1.82) is 0 Å². The van der Waals surface area contributed by atoms with E-state index in [1.807, 2.05) is 31.3 Å². The minimum Gasteiger partial charge on any atom is -0.497 e. The molecule has 3 rings (SSSR count). The van der Waals surface area contributed by atoms with Crippen LogP contribution in [0.3, 0.4) is 0 Å². The lowest BCUT2D eigenvalue weighted by molar-refractivity contribution is 0.373. The maximum absolute atomic E-state index is 13.1. The molecule has 5 nitrogen and oxygen atoms in total. The molecule has 0 radical (unpaired) electrons. The molecule has 0 aliphatic carbocycles. The van der Waals surface area contributed by atoms with Gasteiger partial charge in [0.25, 0.3) is 0 Å².